The zero-order valence-electron chi connectivity index (χ0n) is 18.8. The molecule has 0 spiro atoms. The van der Waals surface area contributed by atoms with Crippen LogP contribution in [0.5, 0.6) is 5.88 Å². The van der Waals surface area contributed by atoms with Gasteiger partial charge in [0.25, 0.3) is 5.88 Å². The molecule has 2 aromatic heterocycles. The SMILES string of the molecule is CCc1ccc(Nc2ncnc(O[C@H]3CC4CCC3N4c3nc(C(C)C)ns3)c2F)c(F)c1. The second kappa shape index (κ2) is 8.81. The van der Waals surface area contributed by atoms with Crippen LogP contribution in [0.15, 0.2) is 24.5 Å². The fourth-order valence-electron chi connectivity index (χ4n) is 4.60. The van der Waals surface area contributed by atoms with E-state index in [2.05, 4.69) is 38.4 Å². The number of hydrogen-bond donors (Lipinski definition) is 1. The van der Waals surface area contributed by atoms with E-state index in [0.29, 0.717) is 12.5 Å². The van der Waals surface area contributed by atoms with E-state index in [1.54, 1.807) is 12.1 Å². The molecule has 5 rings (SSSR count). The van der Waals surface area contributed by atoms with E-state index in [1.807, 2.05) is 6.92 Å². The van der Waals surface area contributed by atoms with Crippen molar-refractivity contribution < 1.29 is 13.5 Å². The summed E-state index contributed by atoms with van der Waals surface area (Å²) in [6.07, 6.45) is 4.48. The van der Waals surface area contributed by atoms with Crippen LogP contribution in [0.25, 0.3) is 0 Å². The number of nitrogens with zero attached hydrogens (tertiary/aromatic N) is 5. The van der Waals surface area contributed by atoms with Gasteiger partial charge in [0.1, 0.15) is 24.1 Å². The molecule has 174 valence electrons. The second-order valence-corrected chi connectivity index (χ2v) is 9.55. The highest BCUT2D eigenvalue weighted by Crippen LogP contribution is 2.43. The molecule has 0 amide bonds. The van der Waals surface area contributed by atoms with Gasteiger partial charge in [0.05, 0.1) is 11.7 Å². The van der Waals surface area contributed by atoms with Crippen LogP contribution in [0.2, 0.25) is 0 Å². The normalized spacial score (nSPS) is 21.8. The monoisotopic (exact) mass is 472 g/mol. The molecule has 2 saturated heterocycles. The predicted molar refractivity (Wildman–Crippen MR) is 123 cm³/mol. The molecule has 3 atom stereocenters. The Labute approximate surface area is 195 Å². The Morgan fingerprint density at radius 3 is 2.82 bits per heavy atom. The van der Waals surface area contributed by atoms with Crippen LogP contribution >= 0.6 is 11.5 Å². The summed E-state index contributed by atoms with van der Waals surface area (Å²) >= 11 is 1.41. The first kappa shape index (κ1) is 21.9. The summed E-state index contributed by atoms with van der Waals surface area (Å²) in [6.45, 7) is 6.09. The molecule has 33 heavy (non-hydrogen) atoms. The maximum absolute atomic E-state index is 15.2. The van der Waals surface area contributed by atoms with Crippen LogP contribution in [0.1, 0.15) is 57.3 Å². The lowest BCUT2D eigenvalue weighted by Gasteiger charge is -2.24. The highest BCUT2D eigenvalue weighted by Gasteiger charge is 2.49. The molecule has 0 saturated carbocycles. The lowest BCUT2D eigenvalue weighted by Crippen LogP contribution is -2.35. The number of nitrogens with one attached hydrogen (secondary N) is 1. The van der Waals surface area contributed by atoms with Crippen molar-refractivity contribution in [3.63, 3.8) is 0 Å². The number of hydrogen-bond acceptors (Lipinski definition) is 8. The molecular formula is C23H26F2N6OS. The van der Waals surface area contributed by atoms with Crippen LogP contribution in [0.3, 0.4) is 0 Å². The van der Waals surface area contributed by atoms with Gasteiger partial charge in [0.2, 0.25) is 10.9 Å². The van der Waals surface area contributed by atoms with Gasteiger partial charge in [-0.1, -0.05) is 26.8 Å². The topological polar surface area (TPSA) is 76.1 Å². The molecule has 3 aromatic rings. The third-order valence-corrected chi connectivity index (χ3v) is 7.11. The highest BCUT2D eigenvalue weighted by molar-refractivity contribution is 7.09. The van der Waals surface area contributed by atoms with Crippen molar-refractivity contribution in [2.75, 3.05) is 10.2 Å². The Balaban J connectivity index is 1.33. The molecule has 1 aromatic carbocycles. The van der Waals surface area contributed by atoms with E-state index in [0.717, 1.165) is 35.8 Å². The van der Waals surface area contributed by atoms with Gasteiger partial charge in [-0.15, -0.1) is 0 Å². The van der Waals surface area contributed by atoms with Crippen molar-refractivity contribution in [3.8, 4) is 5.88 Å². The fourth-order valence-corrected chi connectivity index (χ4v) is 5.54. The number of anilines is 3. The number of fused-ring (bicyclic) bond motifs is 2. The number of aromatic nitrogens is 4. The molecule has 2 aliphatic heterocycles. The van der Waals surface area contributed by atoms with Crippen molar-refractivity contribution in [2.24, 2.45) is 0 Å². The Morgan fingerprint density at radius 1 is 1.24 bits per heavy atom. The quantitative estimate of drug-likeness (QED) is 0.505. The van der Waals surface area contributed by atoms with Gasteiger partial charge in [0.15, 0.2) is 5.82 Å². The number of aryl methyl sites for hydroxylation is 1. The Bertz CT molecular complexity index is 1160. The van der Waals surface area contributed by atoms with Crippen LogP contribution in [-0.2, 0) is 6.42 Å². The molecule has 4 heterocycles. The summed E-state index contributed by atoms with van der Waals surface area (Å²) in [4.78, 5) is 14.9. The number of ether oxygens (including phenoxy) is 1. The van der Waals surface area contributed by atoms with Gasteiger partial charge in [-0.25, -0.2) is 14.4 Å². The van der Waals surface area contributed by atoms with Crippen molar-refractivity contribution in [2.45, 2.75) is 70.6 Å². The highest BCUT2D eigenvalue weighted by atomic mass is 32.1. The molecule has 0 aliphatic carbocycles. The van der Waals surface area contributed by atoms with Gasteiger partial charge in [-0.3, -0.25) is 0 Å². The van der Waals surface area contributed by atoms with Crippen molar-refractivity contribution in [1.82, 2.24) is 19.3 Å². The van der Waals surface area contributed by atoms with E-state index in [1.165, 1.54) is 23.9 Å². The summed E-state index contributed by atoms with van der Waals surface area (Å²) in [5.74, 6) is -0.327. The van der Waals surface area contributed by atoms with Gasteiger partial charge >= 0.3 is 0 Å². The third kappa shape index (κ3) is 4.12. The van der Waals surface area contributed by atoms with Crippen molar-refractivity contribution in [1.29, 1.82) is 0 Å². The zero-order chi connectivity index (χ0) is 23.1. The lowest BCUT2D eigenvalue weighted by molar-refractivity contribution is 0.158. The third-order valence-electron chi connectivity index (χ3n) is 6.36. The van der Waals surface area contributed by atoms with Gasteiger partial charge in [-0.2, -0.15) is 13.7 Å². The van der Waals surface area contributed by atoms with E-state index < -0.39 is 11.6 Å². The second-order valence-electron chi connectivity index (χ2n) is 8.82. The summed E-state index contributed by atoms with van der Waals surface area (Å²) in [6, 6.07) is 5.19. The molecule has 0 radical (unpaired) electrons. The van der Waals surface area contributed by atoms with Crippen LogP contribution in [0, 0.1) is 11.6 Å². The summed E-state index contributed by atoms with van der Waals surface area (Å²) < 4.78 is 40.1. The van der Waals surface area contributed by atoms with Crippen LogP contribution < -0.4 is 15.0 Å². The molecule has 7 nitrogen and oxygen atoms in total. The molecular weight excluding hydrogens is 446 g/mol. The minimum absolute atomic E-state index is 0.0905. The maximum atomic E-state index is 15.2. The molecule has 10 heteroatoms. The summed E-state index contributed by atoms with van der Waals surface area (Å²) in [7, 11) is 0. The molecule has 2 fully saturated rings. The van der Waals surface area contributed by atoms with Gasteiger partial charge in [-0.05, 0) is 37.0 Å². The zero-order valence-corrected chi connectivity index (χ0v) is 19.6. The molecule has 2 aliphatic rings. The minimum Gasteiger partial charge on any atom is -0.470 e. The van der Waals surface area contributed by atoms with E-state index in [9.17, 15) is 4.39 Å². The van der Waals surface area contributed by atoms with Gasteiger partial charge in [0, 0.05) is 29.9 Å². The van der Waals surface area contributed by atoms with Crippen LogP contribution in [-0.4, -0.2) is 37.5 Å². The first-order valence-electron chi connectivity index (χ1n) is 11.3. The number of halogens is 2. The summed E-state index contributed by atoms with van der Waals surface area (Å²) in [5.41, 5.74) is 1.01. The van der Waals surface area contributed by atoms with E-state index in [4.69, 9.17) is 9.72 Å². The summed E-state index contributed by atoms with van der Waals surface area (Å²) in [5, 5.41) is 3.63. The van der Waals surface area contributed by atoms with Crippen molar-refractivity contribution in [3.05, 3.63) is 47.5 Å². The standard InChI is InChI=1S/C23H26F2N6OS/c1-4-13-5-7-16(15(24)9-13)28-21-19(25)22(27-11-26-21)32-18-10-14-6-8-17(18)31(14)23-29-20(12(2)3)30-33-23/h5,7,9,11-12,14,17-18H,4,6,8,10H2,1-3H3,(H,26,27,28)/t14?,17?,18-/m0/s1. The predicted octanol–water partition coefficient (Wildman–Crippen LogP) is 5.22. The van der Waals surface area contributed by atoms with E-state index >= 15 is 4.39 Å². The molecule has 1 N–H and O–H groups in total. The maximum Gasteiger partial charge on any atom is 0.256 e. The minimum atomic E-state index is -0.733. The Morgan fingerprint density at radius 2 is 2.09 bits per heavy atom. The fraction of sp³-hybridized carbons (Fsp3) is 0.478. The average Bonchev–Trinajstić information content (AvgIpc) is 3.52. The first-order valence-corrected chi connectivity index (χ1v) is 12.1. The molecule has 2 bridgehead atoms. The number of rotatable bonds is 7. The van der Waals surface area contributed by atoms with Gasteiger partial charge < -0.3 is 15.0 Å². The van der Waals surface area contributed by atoms with Crippen LogP contribution in [0.4, 0.5) is 25.4 Å². The Hall–Kier alpha value is -2.88. The average molecular weight is 473 g/mol. The van der Waals surface area contributed by atoms with Crippen molar-refractivity contribution >= 4 is 28.2 Å². The lowest BCUT2D eigenvalue weighted by atomic mass is 9.98. The first-order chi connectivity index (χ1) is 15.9. The van der Waals surface area contributed by atoms with E-state index in [-0.39, 0.29) is 35.4 Å². The number of benzene rings is 1. The smallest absolute Gasteiger partial charge is 0.256 e. The molecule has 2 unspecified atom stereocenters. The Kier molecular flexibility index (Phi) is 5.86. The largest absolute Gasteiger partial charge is 0.470 e.